The third-order valence-electron chi connectivity index (χ3n) is 4.89. The third kappa shape index (κ3) is 2.88. The minimum atomic E-state index is -3.28. The van der Waals surface area contributed by atoms with Gasteiger partial charge in [0.15, 0.2) is 0 Å². The van der Waals surface area contributed by atoms with E-state index in [4.69, 9.17) is 0 Å². The molecule has 0 spiro atoms. The fourth-order valence-corrected chi connectivity index (χ4v) is 4.59. The first-order valence-electron chi connectivity index (χ1n) is 7.65. The summed E-state index contributed by atoms with van der Waals surface area (Å²) in [5.74, 6) is 0.00685. The van der Waals surface area contributed by atoms with Crippen LogP contribution in [0.2, 0.25) is 0 Å². The highest BCUT2D eigenvalue weighted by Gasteiger charge is 2.57. The summed E-state index contributed by atoms with van der Waals surface area (Å²) in [6, 6.07) is 1.91. The van der Waals surface area contributed by atoms with E-state index >= 15 is 0 Å². The van der Waals surface area contributed by atoms with Crippen LogP contribution in [-0.4, -0.2) is 73.2 Å². The van der Waals surface area contributed by atoms with Crippen molar-refractivity contribution in [3.63, 3.8) is 0 Å². The van der Waals surface area contributed by atoms with Crippen LogP contribution in [0.15, 0.2) is 6.07 Å². The smallest absolute Gasteiger partial charge is 0.231 e. The fraction of sp³-hybridized carbons (Fsp3) is 0.714. The number of nitrogens with zero attached hydrogens (tertiary/aromatic N) is 3. The van der Waals surface area contributed by atoms with Gasteiger partial charge in [0, 0.05) is 44.8 Å². The third-order valence-corrected chi connectivity index (χ3v) is 6.11. The molecule has 0 radical (unpaired) electrons. The molecule has 23 heavy (non-hydrogen) atoms. The molecule has 128 valence electrons. The van der Waals surface area contributed by atoms with Gasteiger partial charge < -0.3 is 10.2 Å². The lowest BCUT2D eigenvalue weighted by atomic mass is 9.79. The Bertz CT molecular complexity index is 716. The number of hydrogen-bond acceptors (Lipinski definition) is 5. The van der Waals surface area contributed by atoms with Gasteiger partial charge in [-0.25, -0.2) is 12.7 Å². The second-order valence-corrected chi connectivity index (χ2v) is 8.73. The van der Waals surface area contributed by atoms with Crippen molar-refractivity contribution >= 4 is 15.9 Å². The maximum absolute atomic E-state index is 13.1. The Morgan fingerprint density at radius 1 is 1.57 bits per heavy atom. The van der Waals surface area contributed by atoms with Crippen molar-refractivity contribution < 1.29 is 13.2 Å². The SMILES string of the molecule is Cc1cc(CN(C)C(=O)[C@@]23CNC[C@@H]2CN(S(C)(=O)=O)C3)n[nH]1. The number of fused-ring (bicyclic) bond motifs is 1. The van der Waals surface area contributed by atoms with Gasteiger partial charge in [-0.05, 0) is 13.0 Å². The number of H-pyrrole nitrogens is 1. The number of aromatic nitrogens is 2. The molecule has 2 aliphatic heterocycles. The van der Waals surface area contributed by atoms with Gasteiger partial charge in [-0.2, -0.15) is 5.10 Å². The van der Waals surface area contributed by atoms with E-state index in [1.54, 1.807) is 11.9 Å². The molecule has 2 saturated heterocycles. The zero-order chi connectivity index (χ0) is 16.8. The van der Waals surface area contributed by atoms with Gasteiger partial charge in [0.2, 0.25) is 15.9 Å². The highest BCUT2D eigenvalue weighted by molar-refractivity contribution is 7.88. The molecule has 8 nitrogen and oxygen atoms in total. The van der Waals surface area contributed by atoms with Crippen LogP contribution in [0.5, 0.6) is 0 Å². The molecule has 1 amide bonds. The van der Waals surface area contributed by atoms with Gasteiger partial charge in [-0.1, -0.05) is 0 Å². The summed E-state index contributed by atoms with van der Waals surface area (Å²) in [6.07, 6.45) is 1.20. The molecule has 0 aliphatic carbocycles. The highest BCUT2D eigenvalue weighted by Crippen LogP contribution is 2.41. The molecule has 0 saturated carbocycles. The number of sulfonamides is 1. The molecule has 0 bridgehead atoms. The molecule has 2 atom stereocenters. The predicted molar refractivity (Wildman–Crippen MR) is 85.0 cm³/mol. The van der Waals surface area contributed by atoms with E-state index in [0.29, 0.717) is 26.2 Å². The Balaban J connectivity index is 1.79. The van der Waals surface area contributed by atoms with E-state index in [0.717, 1.165) is 11.4 Å². The predicted octanol–water partition coefficient (Wildman–Crippen LogP) is -0.842. The first-order chi connectivity index (χ1) is 10.7. The molecule has 1 aromatic rings. The number of rotatable bonds is 4. The molecule has 3 heterocycles. The van der Waals surface area contributed by atoms with Crippen molar-refractivity contribution in [3.8, 4) is 0 Å². The number of nitrogens with one attached hydrogen (secondary N) is 2. The number of carbonyl (C=O) groups excluding carboxylic acids is 1. The zero-order valence-corrected chi connectivity index (χ0v) is 14.5. The lowest BCUT2D eigenvalue weighted by Gasteiger charge is -2.31. The van der Waals surface area contributed by atoms with Crippen LogP contribution in [0.3, 0.4) is 0 Å². The summed E-state index contributed by atoms with van der Waals surface area (Å²) in [6.45, 7) is 4.18. The lowest BCUT2D eigenvalue weighted by Crippen LogP contribution is -2.48. The molecule has 9 heteroatoms. The van der Waals surface area contributed by atoms with E-state index in [1.165, 1.54) is 10.6 Å². The maximum Gasteiger partial charge on any atom is 0.231 e. The second kappa shape index (κ2) is 5.57. The molecular weight excluding hydrogens is 318 g/mol. The molecule has 2 N–H and O–H groups in total. The standard InChI is InChI=1S/C14H23N5O3S/c1-10-4-12(17-16-10)7-18(2)13(20)14-8-15-5-11(14)6-19(9-14)23(3,21)22/h4,11,15H,5-9H2,1-3H3,(H,16,17)/t11-,14-/m1/s1. The van der Waals surface area contributed by atoms with E-state index in [1.807, 2.05) is 13.0 Å². The van der Waals surface area contributed by atoms with E-state index in [-0.39, 0.29) is 18.4 Å². The summed E-state index contributed by atoms with van der Waals surface area (Å²) in [5.41, 5.74) is 1.09. The van der Waals surface area contributed by atoms with Gasteiger partial charge in [0.1, 0.15) is 0 Å². The van der Waals surface area contributed by atoms with Gasteiger partial charge in [-0.3, -0.25) is 9.89 Å². The van der Waals surface area contributed by atoms with Crippen LogP contribution in [0.25, 0.3) is 0 Å². The van der Waals surface area contributed by atoms with E-state index in [2.05, 4.69) is 15.5 Å². The summed E-state index contributed by atoms with van der Waals surface area (Å²) < 4.78 is 25.2. The van der Waals surface area contributed by atoms with Crippen molar-refractivity contribution in [2.24, 2.45) is 11.3 Å². The minimum Gasteiger partial charge on any atom is -0.339 e. The molecular formula is C14H23N5O3S. The largest absolute Gasteiger partial charge is 0.339 e. The maximum atomic E-state index is 13.1. The summed E-state index contributed by atoms with van der Waals surface area (Å²) >= 11 is 0. The first-order valence-corrected chi connectivity index (χ1v) is 9.49. The first kappa shape index (κ1) is 16.4. The molecule has 2 aliphatic rings. The van der Waals surface area contributed by atoms with Crippen molar-refractivity contribution in [1.29, 1.82) is 0 Å². The monoisotopic (exact) mass is 341 g/mol. The highest BCUT2D eigenvalue weighted by atomic mass is 32.2. The Kier molecular flexibility index (Phi) is 3.97. The van der Waals surface area contributed by atoms with Crippen LogP contribution in [0, 0.1) is 18.3 Å². The van der Waals surface area contributed by atoms with Crippen LogP contribution < -0.4 is 5.32 Å². The topological polar surface area (TPSA) is 98.4 Å². The van der Waals surface area contributed by atoms with Gasteiger partial charge in [0.05, 0.1) is 23.9 Å². The molecule has 1 aromatic heterocycles. The normalized spacial score (nSPS) is 28.0. The van der Waals surface area contributed by atoms with Crippen molar-refractivity contribution in [2.45, 2.75) is 13.5 Å². The van der Waals surface area contributed by atoms with Crippen LogP contribution >= 0.6 is 0 Å². The number of aryl methyl sites for hydroxylation is 1. The fourth-order valence-electron chi connectivity index (χ4n) is 3.68. The summed E-state index contributed by atoms with van der Waals surface area (Å²) in [5, 5.41) is 10.3. The lowest BCUT2D eigenvalue weighted by molar-refractivity contribution is -0.141. The number of hydrogen-bond donors (Lipinski definition) is 2. The number of carbonyl (C=O) groups is 1. The van der Waals surface area contributed by atoms with Gasteiger partial charge in [-0.15, -0.1) is 0 Å². The van der Waals surface area contributed by atoms with Crippen LogP contribution in [-0.2, 0) is 21.4 Å². The summed E-state index contributed by atoms with van der Waals surface area (Å²) in [7, 11) is -1.53. The second-order valence-electron chi connectivity index (χ2n) is 6.74. The summed E-state index contributed by atoms with van der Waals surface area (Å²) in [4.78, 5) is 14.7. The van der Waals surface area contributed by atoms with Crippen molar-refractivity contribution in [1.82, 2.24) is 24.7 Å². The van der Waals surface area contributed by atoms with Gasteiger partial charge >= 0.3 is 0 Å². The quantitative estimate of drug-likeness (QED) is 0.744. The number of amides is 1. The zero-order valence-electron chi connectivity index (χ0n) is 13.7. The van der Waals surface area contributed by atoms with Crippen molar-refractivity contribution in [2.75, 3.05) is 39.5 Å². The van der Waals surface area contributed by atoms with Crippen LogP contribution in [0.4, 0.5) is 0 Å². The minimum absolute atomic E-state index is 0.0145. The average molecular weight is 341 g/mol. The van der Waals surface area contributed by atoms with Gasteiger partial charge in [0.25, 0.3) is 0 Å². The Morgan fingerprint density at radius 2 is 2.30 bits per heavy atom. The number of aromatic amines is 1. The molecule has 2 fully saturated rings. The Labute approximate surface area is 136 Å². The molecule has 0 unspecified atom stereocenters. The van der Waals surface area contributed by atoms with E-state index in [9.17, 15) is 13.2 Å². The Morgan fingerprint density at radius 3 is 2.91 bits per heavy atom. The van der Waals surface area contributed by atoms with Crippen LogP contribution in [0.1, 0.15) is 11.4 Å². The Hall–Kier alpha value is -1.45. The van der Waals surface area contributed by atoms with Crippen molar-refractivity contribution in [3.05, 3.63) is 17.5 Å². The average Bonchev–Trinajstić information content (AvgIpc) is 3.10. The van der Waals surface area contributed by atoms with E-state index < -0.39 is 15.4 Å². The molecule has 0 aromatic carbocycles. The molecule has 3 rings (SSSR count).